The van der Waals surface area contributed by atoms with E-state index in [1.807, 2.05) is 24.4 Å². The van der Waals surface area contributed by atoms with Crippen molar-refractivity contribution in [3.05, 3.63) is 39.7 Å². The first kappa shape index (κ1) is 14.0. The van der Waals surface area contributed by atoms with Crippen LogP contribution in [0.1, 0.15) is 41.5 Å². The molecule has 0 saturated heterocycles. The number of nitrogens with zero attached hydrogens (tertiary/aromatic N) is 2. The predicted octanol–water partition coefficient (Wildman–Crippen LogP) is 2.86. The van der Waals surface area contributed by atoms with Crippen LogP contribution in [0.15, 0.2) is 27.0 Å². The largest absolute Gasteiger partial charge is 0.460 e. The Balaban J connectivity index is 1.49. The van der Waals surface area contributed by atoms with Crippen molar-refractivity contribution in [2.75, 3.05) is 0 Å². The molecule has 0 spiro atoms. The minimum atomic E-state index is -0.178. The van der Waals surface area contributed by atoms with E-state index in [-0.39, 0.29) is 12.3 Å². The summed E-state index contributed by atoms with van der Waals surface area (Å²) in [7, 11) is 0. The van der Waals surface area contributed by atoms with Gasteiger partial charge >= 0.3 is 0 Å². The standard InChI is InChI=1S/C15H17N3O2S/c1-9-5-12(9)13-4-3-11(20-13)7-16-18-14(19)6-15-17-10(2)8-21-15/h3-4,7-9,12H,5-6H2,1-2H3,(H,18,19)/b16-7-/t9-,12+/m0/s1. The molecular weight excluding hydrogens is 286 g/mol. The summed E-state index contributed by atoms with van der Waals surface area (Å²) in [5, 5.41) is 6.64. The lowest BCUT2D eigenvalue weighted by atomic mass is 10.3. The highest BCUT2D eigenvalue weighted by molar-refractivity contribution is 7.09. The second-order valence-corrected chi connectivity index (χ2v) is 6.35. The van der Waals surface area contributed by atoms with Crippen molar-refractivity contribution in [2.45, 2.75) is 32.6 Å². The van der Waals surface area contributed by atoms with E-state index in [9.17, 15) is 4.79 Å². The van der Waals surface area contributed by atoms with Crippen LogP contribution in [0, 0.1) is 12.8 Å². The maximum absolute atomic E-state index is 11.7. The first-order valence-corrected chi connectivity index (χ1v) is 7.82. The molecule has 1 fully saturated rings. The van der Waals surface area contributed by atoms with Gasteiger partial charge in [0.2, 0.25) is 5.91 Å². The van der Waals surface area contributed by atoms with E-state index in [4.69, 9.17) is 4.42 Å². The molecule has 5 nitrogen and oxygen atoms in total. The lowest BCUT2D eigenvalue weighted by Crippen LogP contribution is -2.19. The van der Waals surface area contributed by atoms with Crippen LogP contribution >= 0.6 is 11.3 Å². The molecule has 0 unspecified atom stereocenters. The zero-order chi connectivity index (χ0) is 14.8. The summed E-state index contributed by atoms with van der Waals surface area (Å²) < 4.78 is 5.67. The lowest BCUT2D eigenvalue weighted by molar-refractivity contribution is -0.120. The van der Waals surface area contributed by atoms with Crippen molar-refractivity contribution in [3.63, 3.8) is 0 Å². The molecule has 2 atom stereocenters. The molecule has 1 aliphatic rings. The Morgan fingerprint density at radius 1 is 1.62 bits per heavy atom. The van der Waals surface area contributed by atoms with Crippen LogP contribution in [0.4, 0.5) is 0 Å². The fraction of sp³-hybridized carbons (Fsp3) is 0.400. The van der Waals surface area contributed by atoms with Gasteiger partial charge in [-0.25, -0.2) is 10.4 Å². The van der Waals surface area contributed by atoms with Crippen molar-refractivity contribution < 1.29 is 9.21 Å². The first-order valence-electron chi connectivity index (χ1n) is 6.94. The average Bonchev–Trinajstić information content (AvgIpc) is 2.85. The highest BCUT2D eigenvalue weighted by Crippen LogP contribution is 2.47. The Morgan fingerprint density at radius 2 is 2.43 bits per heavy atom. The number of thiazole rings is 1. The third-order valence-electron chi connectivity index (χ3n) is 3.48. The smallest absolute Gasteiger partial charge is 0.246 e. The number of hydrogen-bond acceptors (Lipinski definition) is 5. The average molecular weight is 303 g/mol. The highest BCUT2D eigenvalue weighted by Gasteiger charge is 2.36. The van der Waals surface area contributed by atoms with Gasteiger partial charge in [0, 0.05) is 17.0 Å². The fourth-order valence-electron chi connectivity index (χ4n) is 2.18. The maximum atomic E-state index is 11.7. The number of aromatic nitrogens is 1. The number of carbonyl (C=O) groups is 1. The monoisotopic (exact) mass is 303 g/mol. The number of hydrazone groups is 1. The van der Waals surface area contributed by atoms with Crippen molar-refractivity contribution in [1.82, 2.24) is 10.4 Å². The molecule has 1 N–H and O–H groups in total. The molecule has 2 aromatic rings. The molecule has 0 aromatic carbocycles. The van der Waals surface area contributed by atoms with Gasteiger partial charge < -0.3 is 4.42 Å². The molecule has 6 heteroatoms. The van der Waals surface area contributed by atoms with Crippen LogP contribution in [0.25, 0.3) is 0 Å². The third-order valence-corrected chi connectivity index (χ3v) is 4.45. The molecule has 0 aliphatic heterocycles. The van der Waals surface area contributed by atoms with Gasteiger partial charge in [-0.3, -0.25) is 4.79 Å². The second kappa shape index (κ2) is 5.81. The van der Waals surface area contributed by atoms with Crippen molar-refractivity contribution >= 4 is 23.5 Å². The van der Waals surface area contributed by atoms with Gasteiger partial charge in [0.1, 0.15) is 16.5 Å². The summed E-state index contributed by atoms with van der Waals surface area (Å²) >= 11 is 1.48. The Labute approximate surface area is 127 Å². The van der Waals surface area contributed by atoms with E-state index < -0.39 is 0 Å². The minimum Gasteiger partial charge on any atom is -0.460 e. The summed E-state index contributed by atoms with van der Waals surface area (Å²) in [6.07, 6.45) is 2.97. The molecule has 2 heterocycles. The first-order chi connectivity index (χ1) is 10.1. The SMILES string of the molecule is Cc1csc(CC(=O)N/N=C\c2ccc([C@@H]3C[C@@H]3C)o2)n1. The molecule has 2 aromatic heterocycles. The number of carbonyl (C=O) groups excluding carboxylic acids is 1. The highest BCUT2D eigenvalue weighted by atomic mass is 32.1. The summed E-state index contributed by atoms with van der Waals surface area (Å²) in [4.78, 5) is 15.9. The molecule has 21 heavy (non-hydrogen) atoms. The van der Waals surface area contributed by atoms with Crippen LogP contribution < -0.4 is 5.43 Å². The minimum absolute atomic E-state index is 0.178. The maximum Gasteiger partial charge on any atom is 0.246 e. The van der Waals surface area contributed by atoms with Crippen molar-refractivity contribution in [3.8, 4) is 0 Å². The number of furan rings is 1. The Morgan fingerprint density at radius 3 is 3.10 bits per heavy atom. The van der Waals surface area contributed by atoms with Gasteiger partial charge in [0.15, 0.2) is 0 Å². The zero-order valence-electron chi connectivity index (χ0n) is 12.0. The van der Waals surface area contributed by atoms with Crippen LogP contribution in [0.3, 0.4) is 0 Å². The van der Waals surface area contributed by atoms with E-state index in [0.29, 0.717) is 17.6 Å². The van der Waals surface area contributed by atoms with Gasteiger partial charge in [0.05, 0.1) is 12.6 Å². The van der Waals surface area contributed by atoms with E-state index in [1.54, 1.807) is 0 Å². The molecular formula is C15H17N3O2S. The number of hydrogen-bond donors (Lipinski definition) is 1. The Bertz CT molecular complexity index is 674. The summed E-state index contributed by atoms with van der Waals surface area (Å²) in [5.74, 6) is 2.75. The second-order valence-electron chi connectivity index (χ2n) is 5.41. The summed E-state index contributed by atoms with van der Waals surface area (Å²) in [6.45, 7) is 4.12. The van der Waals surface area contributed by atoms with Gasteiger partial charge in [-0.2, -0.15) is 5.10 Å². The quantitative estimate of drug-likeness (QED) is 0.682. The van der Waals surface area contributed by atoms with Crippen LogP contribution in [0.2, 0.25) is 0 Å². The van der Waals surface area contributed by atoms with Crippen molar-refractivity contribution in [2.24, 2.45) is 11.0 Å². The predicted molar refractivity (Wildman–Crippen MR) is 81.5 cm³/mol. The van der Waals surface area contributed by atoms with Crippen LogP contribution in [-0.4, -0.2) is 17.1 Å². The van der Waals surface area contributed by atoms with E-state index in [2.05, 4.69) is 22.4 Å². The van der Waals surface area contributed by atoms with E-state index >= 15 is 0 Å². The van der Waals surface area contributed by atoms with Gasteiger partial charge in [-0.1, -0.05) is 6.92 Å². The zero-order valence-corrected chi connectivity index (χ0v) is 12.8. The molecule has 1 aliphatic carbocycles. The van der Waals surface area contributed by atoms with E-state index in [1.165, 1.54) is 24.0 Å². The molecule has 0 radical (unpaired) electrons. The van der Waals surface area contributed by atoms with Gasteiger partial charge in [-0.05, 0) is 31.4 Å². The van der Waals surface area contributed by atoms with Crippen molar-refractivity contribution in [1.29, 1.82) is 0 Å². The number of rotatable bonds is 5. The topological polar surface area (TPSA) is 67.5 Å². The molecule has 1 saturated carbocycles. The summed E-state index contributed by atoms with van der Waals surface area (Å²) in [6, 6.07) is 3.86. The summed E-state index contributed by atoms with van der Waals surface area (Å²) in [5.41, 5.74) is 3.42. The molecule has 1 amide bonds. The van der Waals surface area contributed by atoms with Gasteiger partial charge in [-0.15, -0.1) is 11.3 Å². The number of amides is 1. The normalized spacial score (nSPS) is 20.9. The molecule has 110 valence electrons. The van der Waals surface area contributed by atoms with Gasteiger partial charge in [0.25, 0.3) is 0 Å². The third kappa shape index (κ3) is 3.58. The number of aryl methyl sites for hydroxylation is 1. The molecule has 3 rings (SSSR count). The molecule has 0 bridgehead atoms. The van der Waals surface area contributed by atoms with Crippen LogP contribution in [0.5, 0.6) is 0 Å². The number of nitrogens with one attached hydrogen (secondary N) is 1. The fourth-order valence-corrected chi connectivity index (χ4v) is 2.95. The lowest BCUT2D eigenvalue weighted by Gasteiger charge is -1.95. The van der Waals surface area contributed by atoms with Crippen LogP contribution in [-0.2, 0) is 11.2 Å². The Kier molecular flexibility index (Phi) is 3.88. The van der Waals surface area contributed by atoms with E-state index in [0.717, 1.165) is 16.5 Å². The Hall–Kier alpha value is -1.95.